The fourth-order valence-corrected chi connectivity index (χ4v) is 5.10. The van der Waals surface area contributed by atoms with Crippen LogP contribution in [0.1, 0.15) is 17.0 Å². The summed E-state index contributed by atoms with van der Waals surface area (Å²) in [6.45, 7) is 0.00631. The lowest BCUT2D eigenvalue weighted by atomic mass is 10.1. The molecule has 0 amide bonds. The number of nitrogens with two attached hydrogens (primary N) is 1. The third kappa shape index (κ3) is 3.26. The minimum Gasteiger partial charge on any atom is -0.325 e. The molecule has 0 atom stereocenters. The van der Waals surface area contributed by atoms with Gasteiger partial charge in [-0.3, -0.25) is 0 Å². The maximum Gasteiger partial charge on any atom is 0.268 e. The molecule has 0 spiro atoms. The fraction of sp³-hybridized carbons (Fsp3) is 0.0500. The topological polar surface area (TPSA) is 78.0 Å². The monoisotopic (exact) mass is 413 g/mol. The number of halogens is 1. The van der Waals surface area contributed by atoms with Crippen LogP contribution in [0.5, 0.6) is 0 Å². The Labute approximate surface area is 165 Å². The summed E-state index contributed by atoms with van der Waals surface area (Å²) >= 11 is 1.44. The van der Waals surface area contributed by atoms with Crippen LogP contribution in [0.15, 0.2) is 64.3 Å². The van der Waals surface area contributed by atoms with Gasteiger partial charge in [-0.1, -0.05) is 18.2 Å². The number of benzene rings is 2. The van der Waals surface area contributed by atoms with Gasteiger partial charge >= 0.3 is 0 Å². The zero-order valence-corrected chi connectivity index (χ0v) is 16.3. The van der Waals surface area contributed by atoms with E-state index in [1.165, 1.54) is 39.6 Å². The number of hydrogen-bond acceptors (Lipinski definition) is 5. The van der Waals surface area contributed by atoms with Crippen LogP contribution in [0.4, 0.5) is 4.39 Å². The second kappa shape index (κ2) is 7.31. The lowest BCUT2D eigenvalue weighted by Gasteiger charge is -2.11. The maximum atomic E-state index is 14.6. The Morgan fingerprint density at radius 1 is 1.14 bits per heavy atom. The first-order chi connectivity index (χ1) is 13.5. The van der Waals surface area contributed by atoms with Crippen LogP contribution in [0, 0.1) is 5.82 Å². The molecule has 0 fully saturated rings. The molecule has 142 valence electrons. The smallest absolute Gasteiger partial charge is 0.268 e. The summed E-state index contributed by atoms with van der Waals surface area (Å²) in [5, 5.41) is 2.31. The summed E-state index contributed by atoms with van der Waals surface area (Å²) < 4.78 is 42.2. The van der Waals surface area contributed by atoms with Crippen LogP contribution in [0.25, 0.3) is 23.1 Å². The Kier molecular flexibility index (Phi) is 4.84. The summed E-state index contributed by atoms with van der Waals surface area (Å²) in [6, 6.07) is 12.5. The fourth-order valence-electron chi connectivity index (χ4n) is 3.01. The third-order valence-electron chi connectivity index (χ3n) is 4.32. The first-order valence-electron chi connectivity index (χ1n) is 8.41. The van der Waals surface area contributed by atoms with Gasteiger partial charge in [0.15, 0.2) is 0 Å². The van der Waals surface area contributed by atoms with E-state index in [1.54, 1.807) is 41.9 Å². The van der Waals surface area contributed by atoms with E-state index in [0.29, 0.717) is 22.3 Å². The van der Waals surface area contributed by atoms with Crippen LogP contribution in [0.3, 0.4) is 0 Å². The molecule has 0 radical (unpaired) electrons. The van der Waals surface area contributed by atoms with Crippen molar-refractivity contribution in [3.8, 4) is 0 Å². The van der Waals surface area contributed by atoms with Crippen molar-refractivity contribution in [3.05, 3.63) is 82.2 Å². The molecular formula is C20H16FN3O2S2. The van der Waals surface area contributed by atoms with Crippen molar-refractivity contribution in [1.29, 1.82) is 0 Å². The molecule has 0 aliphatic rings. The van der Waals surface area contributed by atoms with Gasteiger partial charge in [0.2, 0.25) is 0 Å². The quantitative estimate of drug-likeness (QED) is 0.534. The van der Waals surface area contributed by atoms with E-state index in [0.717, 1.165) is 0 Å². The Balaban J connectivity index is 1.92. The van der Waals surface area contributed by atoms with Crippen LogP contribution in [0.2, 0.25) is 0 Å². The highest BCUT2D eigenvalue weighted by Gasteiger charge is 2.23. The lowest BCUT2D eigenvalue weighted by molar-refractivity contribution is 0.587. The van der Waals surface area contributed by atoms with Gasteiger partial charge in [0.25, 0.3) is 10.0 Å². The predicted octanol–water partition coefficient (Wildman–Crippen LogP) is 4.10. The second-order valence-corrected chi connectivity index (χ2v) is 8.61. The number of fused-ring (bicyclic) bond motifs is 1. The Bertz CT molecular complexity index is 1260. The van der Waals surface area contributed by atoms with Gasteiger partial charge < -0.3 is 5.73 Å². The zero-order chi connectivity index (χ0) is 19.7. The van der Waals surface area contributed by atoms with Crippen molar-refractivity contribution >= 4 is 44.4 Å². The van der Waals surface area contributed by atoms with E-state index in [4.69, 9.17) is 5.73 Å². The average Bonchev–Trinajstić information content (AvgIpc) is 3.34. The van der Waals surface area contributed by atoms with Crippen molar-refractivity contribution < 1.29 is 12.8 Å². The van der Waals surface area contributed by atoms with Crippen molar-refractivity contribution in [1.82, 2.24) is 8.96 Å². The van der Waals surface area contributed by atoms with Crippen molar-refractivity contribution in [3.63, 3.8) is 0 Å². The highest BCUT2D eigenvalue weighted by molar-refractivity contribution is 7.90. The number of hydrogen-bond donors (Lipinski definition) is 1. The predicted molar refractivity (Wildman–Crippen MR) is 110 cm³/mol. The molecule has 2 N–H and O–H groups in total. The summed E-state index contributed by atoms with van der Waals surface area (Å²) in [5.74, 6) is -0.447. The molecule has 2 heterocycles. The minimum atomic E-state index is -3.87. The van der Waals surface area contributed by atoms with E-state index >= 15 is 0 Å². The van der Waals surface area contributed by atoms with Gasteiger partial charge in [-0.2, -0.15) is 0 Å². The Morgan fingerprint density at radius 2 is 1.93 bits per heavy atom. The SMILES string of the molecule is NCc1cc2cc(F)c(C=Cc3cscn3)cc2n1S(=O)(=O)c1ccccc1. The molecule has 5 nitrogen and oxygen atoms in total. The van der Waals surface area contributed by atoms with Gasteiger partial charge in [-0.25, -0.2) is 21.8 Å². The molecule has 28 heavy (non-hydrogen) atoms. The molecule has 0 aliphatic carbocycles. The second-order valence-electron chi connectivity index (χ2n) is 6.10. The maximum absolute atomic E-state index is 14.6. The van der Waals surface area contributed by atoms with Gasteiger partial charge in [0.05, 0.1) is 21.6 Å². The first-order valence-corrected chi connectivity index (χ1v) is 10.8. The van der Waals surface area contributed by atoms with Gasteiger partial charge in [-0.15, -0.1) is 11.3 Å². The third-order valence-corrected chi connectivity index (χ3v) is 6.71. The average molecular weight is 413 g/mol. The molecule has 0 saturated carbocycles. The molecular weight excluding hydrogens is 397 g/mol. The number of rotatable bonds is 5. The van der Waals surface area contributed by atoms with E-state index in [2.05, 4.69) is 4.98 Å². The van der Waals surface area contributed by atoms with Crippen LogP contribution >= 0.6 is 11.3 Å². The molecule has 2 aromatic carbocycles. The van der Waals surface area contributed by atoms with E-state index in [-0.39, 0.29) is 17.0 Å². The molecule has 4 rings (SSSR count). The summed E-state index contributed by atoms with van der Waals surface area (Å²) in [5.41, 5.74) is 9.22. The van der Waals surface area contributed by atoms with Gasteiger partial charge in [-0.05, 0) is 42.5 Å². The van der Waals surface area contributed by atoms with Crippen molar-refractivity contribution in [2.45, 2.75) is 11.4 Å². The molecule has 4 aromatic rings. The molecule has 0 aliphatic heterocycles. The highest BCUT2D eigenvalue weighted by atomic mass is 32.2. The summed E-state index contributed by atoms with van der Waals surface area (Å²) in [6.07, 6.45) is 3.27. The number of thiazole rings is 1. The molecule has 8 heteroatoms. The highest BCUT2D eigenvalue weighted by Crippen LogP contribution is 2.28. The van der Waals surface area contributed by atoms with E-state index in [9.17, 15) is 12.8 Å². The largest absolute Gasteiger partial charge is 0.325 e. The first kappa shape index (κ1) is 18.5. The Hall–Kier alpha value is -2.81. The normalized spacial score (nSPS) is 12.2. The van der Waals surface area contributed by atoms with Crippen molar-refractivity contribution in [2.24, 2.45) is 5.73 Å². The number of aromatic nitrogens is 2. The van der Waals surface area contributed by atoms with Gasteiger partial charge in [0, 0.05) is 28.6 Å². The minimum absolute atomic E-state index is 0.00631. The van der Waals surface area contributed by atoms with Crippen LogP contribution in [-0.2, 0) is 16.6 Å². The lowest BCUT2D eigenvalue weighted by Crippen LogP contribution is -2.17. The zero-order valence-electron chi connectivity index (χ0n) is 14.6. The van der Waals surface area contributed by atoms with E-state index < -0.39 is 15.8 Å². The Morgan fingerprint density at radius 3 is 2.61 bits per heavy atom. The van der Waals surface area contributed by atoms with E-state index in [1.807, 2.05) is 5.38 Å². The molecule has 0 unspecified atom stereocenters. The number of nitrogens with zero attached hydrogens (tertiary/aromatic N) is 2. The summed E-state index contributed by atoms with van der Waals surface area (Å²) in [4.78, 5) is 4.27. The van der Waals surface area contributed by atoms with Crippen LogP contribution in [-0.4, -0.2) is 17.4 Å². The molecule has 0 bridgehead atoms. The summed E-state index contributed by atoms with van der Waals surface area (Å²) in [7, 11) is -3.87. The van der Waals surface area contributed by atoms with Crippen molar-refractivity contribution in [2.75, 3.05) is 0 Å². The van der Waals surface area contributed by atoms with Crippen LogP contribution < -0.4 is 5.73 Å². The standard InChI is InChI=1S/C20H16FN3O2S2/c21-19-9-15-8-17(11-22)24(28(25,26)18-4-2-1-3-5-18)20(15)10-14(19)6-7-16-12-27-13-23-16/h1-10,12-13H,11,22H2. The molecule has 2 aromatic heterocycles. The molecule has 0 saturated heterocycles. The van der Waals surface area contributed by atoms with Gasteiger partial charge in [0.1, 0.15) is 5.82 Å².